The van der Waals surface area contributed by atoms with Crippen molar-refractivity contribution in [1.29, 1.82) is 0 Å². The van der Waals surface area contributed by atoms with E-state index in [0.29, 0.717) is 6.61 Å². The molecule has 0 aromatic heterocycles. The molecule has 4 atom stereocenters. The zero-order valence-corrected chi connectivity index (χ0v) is 26.6. The molecule has 4 rings (SSSR count). The largest absolute Gasteiger partial charge is 0.445 e. The van der Waals surface area contributed by atoms with Crippen LogP contribution in [0.3, 0.4) is 0 Å². The number of benzene rings is 3. The van der Waals surface area contributed by atoms with E-state index in [2.05, 4.69) is 51.6 Å². The number of amides is 1. The lowest BCUT2D eigenvalue weighted by molar-refractivity contribution is -0.0356. The molecule has 1 fully saturated rings. The summed E-state index contributed by atoms with van der Waals surface area (Å²) in [5.74, 6) is -0.551. The molecule has 3 aromatic carbocycles. The topological polar surface area (TPSA) is 72.9 Å². The second kappa shape index (κ2) is 12.0. The molecule has 1 heterocycles. The molecule has 0 radical (unpaired) electrons. The zero-order chi connectivity index (χ0) is 30.0. The van der Waals surface area contributed by atoms with Gasteiger partial charge in [0.25, 0.3) is 18.3 Å². The Hall–Kier alpha value is -3.20. The van der Waals surface area contributed by atoms with E-state index >= 15 is 0 Å². The Labute approximate surface area is 246 Å². The lowest BCUT2D eigenvalue weighted by Gasteiger charge is -2.46. The number of cyclic esters (lactones) is 1. The molecule has 8 heteroatoms. The van der Waals surface area contributed by atoms with E-state index in [4.69, 9.17) is 9.16 Å². The fourth-order valence-corrected chi connectivity index (χ4v) is 12.2. The van der Waals surface area contributed by atoms with Gasteiger partial charge in [-0.1, -0.05) is 119 Å². The number of nitrogens with zero attached hydrogens (tertiary/aromatic N) is 1. The maximum Gasteiger partial charge on any atom is 0.424 e. The molecular formula is C33H41NO5SSi. The quantitative estimate of drug-likeness (QED) is 0.229. The smallest absolute Gasteiger partial charge is 0.424 e. The highest BCUT2D eigenvalue weighted by atomic mass is 32.2. The minimum absolute atomic E-state index is 0.0422. The van der Waals surface area contributed by atoms with Crippen LogP contribution in [0, 0.1) is 18.8 Å². The van der Waals surface area contributed by atoms with Crippen LogP contribution in [0.4, 0.5) is 4.79 Å². The molecule has 218 valence electrons. The van der Waals surface area contributed by atoms with E-state index in [1.54, 1.807) is 12.1 Å². The molecule has 0 spiro atoms. The normalized spacial score (nSPS) is 20.8. The van der Waals surface area contributed by atoms with E-state index in [-0.39, 0.29) is 21.8 Å². The number of hydrogen-bond donors (Lipinski definition) is 0. The SMILES string of the molecule is C=C[C@H]1[C@H](C)[C@@H]([C@@H](C)CO[Si](c2ccccc2)(c2ccccc2)C(C)(C)C)OC(=O)N1S(=O)(=O)c1ccc(C)cc1. The maximum absolute atomic E-state index is 13.5. The van der Waals surface area contributed by atoms with Crippen LogP contribution >= 0.6 is 0 Å². The third-order valence-corrected chi connectivity index (χ3v) is 14.9. The highest BCUT2D eigenvalue weighted by molar-refractivity contribution is 7.89. The van der Waals surface area contributed by atoms with Crippen LogP contribution in [-0.2, 0) is 19.2 Å². The van der Waals surface area contributed by atoms with E-state index in [0.717, 1.165) is 9.87 Å². The Morgan fingerprint density at radius 3 is 1.95 bits per heavy atom. The van der Waals surface area contributed by atoms with E-state index in [1.807, 2.05) is 57.2 Å². The van der Waals surface area contributed by atoms with Gasteiger partial charge in [0.05, 0.1) is 10.9 Å². The first-order chi connectivity index (χ1) is 19.3. The van der Waals surface area contributed by atoms with Crippen molar-refractivity contribution < 1.29 is 22.4 Å². The number of aryl methyl sites for hydroxylation is 1. The third-order valence-electron chi connectivity index (χ3n) is 8.10. The summed E-state index contributed by atoms with van der Waals surface area (Å²) in [6.07, 6.45) is 0.0727. The predicted octanol–water partition coefficient (Wildman–Crippen LogP) is 5.91. The van der Waals surface area contributed by atoms with Crippen molar-refractivity contribution >= 4 is 34.8 Å². The molecule has 1 amide bonds. The van der Waals surface area contributed by atoms with Gasteiger partial charge in [-0.05, 0) is 34.5 Å². The van der Waals surface area contributed by atoms with Crippen LogP contribution in [0.1, 0.15) is 40.2 Å². The first-order valence-electron chi connectivity index (χ1n) is 14.0. The highest BCUT2D eigenvalue weighted by Crippen LogP contribution is 2.39. The number of sulfonamides is 1. The van der Waals surface area contributed by atoms with Crippen molar-refractivity contribution in [1.82, 2.24) is 4.31 Å². The summed E-state index contributed by atoms with van der Waals surface area (Å²) in [4.78, 5) is 13.4. The molecule has 1 aliphatic rings. The van der Waals surface area contributed by atoms with Crippen molar-refractivity contribution in [2.75, 3.05) is 6.61 Å². The lowest BCUT2D eigenvalue weighted by Crippen LogP contribution is -2.67. The van der Waals surface area contributed by atoms with Crippen molar-refractivity contribution in [3.63, 3.8) is 0 Å². The first kappa shape index (κ1) is 30.7. The number of ether oxygens (including phenoxy) is 1. The second-order valence-corrected chi connectivity index (χ2v) is 18.1. The van der Waals surface area contributed by atoms with Gasteiger partial charge in [-0.3, -0.25) is 0 Å². The highest BCUT2D eigenvalue weighted by Gasteiger charge is 2.52. The van der Waals surface area contributed by atoms with Gasteiger partial charge in [0.2, 0.25) is 0 Å². The molecule has 1 aliphatic heterocycles. The van der Waals surface area contributed by atoms with Crippen molar-refractivity contribution in [3.05, 3.63) is 103 Å². The van der Waals surface area contributed by atoms with Gasteiger partial charge >= 0.3 is 6.09 Å². The summed E-state index contributed by atoms with van der Waals surface area (Å²) in [6, 6.07) is 26.4. The molecule has 0 saturated carbocycles. The number of hydrogen-bond acceptors (Lipinski definition) is 5. The van der Waals surface area contributed by atoms with E-state index in [1.165, 1.54) is 28.6 Å². The van der Waals surface area contributed by atoms with Crippen LogP contribution in [0.5, 0.6) is 0 Å². The lowest BCUT2D eigenvalue weighted by atomic mass is 9.87. The van der Waals surface area contributed by atoms with Gasteiger partial charge in [-0.15, -0.1) is 6.58 Å². The summed E-state index contributed by atoms with van der Waals surface area (Å²) in [6.45, 7) is 16.7. The minimum atomic E-state index is -4.14. The second-order valence-electron chi connectivity index (χ2n) is 12.0. The average Bonchev–Trinajstić information content (AvgIpc) is 2.94. The van der Waals surface area contributed by atoms with Crippen LogP contribution in [0.15, 0.2) is 102 Å². The van der Waals surface area contributed by atoms with Crippen molar-refractivity contribution in [2.45, 2.75) is 63.6 Å². The number of carbonyl (C=O) groups is 1. The molecule has 6 nitrogen and oxygen atoms in total. The summed E-state index contributed by atoms with van der Waals surface area (Å²) in [7, 11) is -6.93. The molecule has 0 unspecified atom stereocenters. The number of carbonyl (C=O) groups excluding carboxylic acids is 1. The molecule has 0 aliphatic carbocycles. The minimum Gasteiger partial charge on any atom is -0.445 e. The van der Waals surface area contributed by atoms with Gasteiger partial charge < -0.3 is 9.16 Å². The van der Waals surface area contributed by atoms with Crippen molar-refractivity contribution in [3.8, 4) is 0 Å². The van der Waals surface area contributed by atoms with Gasteiger partial charge in [0.1, 0.15) is 6.10 Å². The molecule has 0 bridgehead atoms. The fraction of sp³-hybridized carbons (Fsp3) is 0.364. The van der Waals surface area contributed by atoms with Crippen molar-refractivity contribution in [2.24, 2.45) is 11.8 Å². The monoisotopic (exact) mass is 591 g/mol. The Bertz CT molecular complexity index is 1410. The Morgan fingerprint density at radius 1 is 0.976 bits per heavy atom. The molecule has 3 aromatic rings. The van der Waals surface area contributed by atoms with Crippen LogP contribution in [0.2, 0.25) is 5.04 Å². The van der Waals surface area contributed by atoms with Gasteiger partial charge in [-0.2, -0.15) is 4.31 Å². The van der Waals surface area contributed by atoms with Crippen LogP contribution in [0.25, 0.3) is 0 Å². The van der Waals surface area contributed by atoms with E-state index in [9.17, 15) is 13.2 Å². The summed E-state index contributed by atoms with van der Waals surface area (Å²) in [5, 5.41) is 2.13. The number of rotatable bonds is 9. The summed E-state index contributed by atoms with van der Waals surface area (Å²) in [5.41, 5.74) is 0.925. The van der Waals surface area contributed by atoms with Crippen LogP contribution in [-0.4, -0.2) is 45.9 Å². The molecular weight excluding hydrogens is 551 g/mol. The third kappa shape index (κ3) is 5.78. The maximum atomic E-state index is 13.5. The van der Waals surface area contributed by atoms with Gasteiger partial charge in [-0.25, -0.2) is 13.2 Å². The molecule has 41 heavy (non-hydrogen) atoms. The Balaban J connectivity index is 1.64. The zero-order valence-electron chi connectivity index (χ0n) is 24.8. The van der Waals surface area contributed by atoms with Gasteiger partial charge in [0, 0.05) is 18.4 Å². The first-order valence-corrected chi connectivity index (χ1v) is 17.4. The predicted molar refractivity (Wildman–Crippen MR) is 166 cm³/mol. The molecule has 1 saturated heterocycles. The summed E-state index contributed by atoms with van der Waals surface area (Å²) < 4.78 is 40.9. The average molecular weight is 592 g/mol. The van der Waals surface area contributed by atoms with Gasteiger partial charge in [0.15, 0.2) is 0 Å². The summed E-state index contributed by atoms with van der Waals surface area (Å²) >= 11 is 0. The van der Waals surface area contributed by atoms with Crippen LogP contribution < -0.4 is 10.4 Å². The fourth-order valence-electron chi connectivity index (χ4n) is 5.95. The Kier molecular flexibility index (Phi) is 8.97. The Morgan fingerprint density at radius 2 is 1.49 bits per heavy atom. The standard InChI is InChI=1S/C33H41NO5SSi/c1-8-30-26(4)31(39-32(35)34(30)40(36,37)27-21-19-24(2)20-22-27)25(3)23-38-41(33(5,6)7,28-15-11-9-12-16-28)29-17-13-10-14-18-29/h8-22,25-26,30-31H,1,23H2,2-7H3/t25-,26-,30-,31+/m0/s1. The molecule has 0 N–H and O–H groups in total. The van der Waals surface area contributed by atoms with E-state index < -0.39 is 36.6 Å².